The molecule has 3 aromatic rings. The Kier molecular flexibility index (Phi) is 8.10. The number of nitrogens with zero attached hydrogens (tertiary/aromatic N) is 6. The van der Waals surface area contributed by atoms with Gasteiger partial charge in [0.25, 0.3) is 0 Å². The van der Waals surface area contributed by atoms with Gasteiger partial charge < -0.3 is 24.3 Å². The molecule has 41 heavy (non-hydrogen) atoms. The molecule has 2 atom stereocenters. The van der Waals surface area contributed by atoms with Crippen LogP contribution in [0.3, 0.4) is 0 Å². The third-order valence-corrected chi connectivity index (χ3v) is 8.78. The van der Waals surface area contributed by atoms with Gasteiger partial charge in [-0.15, -0.1) is 0 Å². The van der Waals surface area contributed by atoms with Crippen molar-refractivity contribution in [2.24, 2.45) is 0 Å². The van der Waals surface area contributed by atoms with Gasteiger partial charge in [-0.2, -0.15) is 9.97 Å². The van der Waals surface area contributed by atoms with E-state index in [0.29, 0.717) is 25.6 Å². The Morgan fingerprint density at radius 2 is 1.88 bits per heavy atom. The highest BCUT2D eigenvalue weighted by Gasteiger charge is 2.34. The number of benzene rings is 2. The summed E-state index contributed by atoms with van der Waals surface area (Å²) in [4.78, 5) is 31.8. The Morgan fingerprint density at radius 3 is 2.73 bits per heavy atom. The quantitative estimate of drug-likeness (QED) is 0.435. The number of amides is 1. The Morgan fingerprint density at radius 1 is 1.05 bits per heavy atom. The van der Waals surface area contributed by atoms with Gasteiger partial charge in [-0.25, -0.2) is 0 Å². The van der Waals surface area contributed by atoms with Gasteiger partial charge in [-0.05, 0) is 57.3 Å². The molecule has 2 bridgehead atoms. The Bertz CT molecular complexity index is 1400. The van der Waals surface area contributed by atoms with E-state index in [1.165, 1.54) is 28.1 Å². The molecule has 8 heteroatoms. The largest absolute Gasteiger partial charge is 0.459 e. The summed E-state index contributed by atoms with van der Waals surface area (Å²) in [6, 6.07) is 15.8. The highest BCUT2D eigenvalue weighted by atomic mass is 16.5. The highest BCUT2D eigenvalue weighted by Crippen LogP contribution is 2.36. The molecule has 216 valence electrons. The Balaban J connectivity index is 1.39. The molecule has 4 heterocycles. The van der Waals surface area contributed by atoms with E-state index in [4.69, 9.17) is 14.7 Å². The normalized spacial score (nSPS) is 21.4. The van der Waals surface area contributed by atoms with Crippen molar-refractivity contribution < 1.29 is 9.53 Å². The van der Waals surface area contributed by atoms with E-state index in [0.717, 1.165) is 69.7 Å². The predicted octanol–water partition coefficient (Wildman–Crippen LogP) is 4.67. The minimum atomic E-state index is 0.0155. The van der Waals surface area contributed by atoms with Crippen LogP contribution in [0.15, 0.2) is 55.1 Å². The molecule has 1 saturated heterocycles. The molecule has 1 aromatic heterocycles. The molecule has 3 aliphatic heterocycles. The number of carbonyl (C=O) groups excluding carboxylic acids is 1. The van der Waals surface area contributed by atoms with E-state index < -0.39 is 0 Å². The van der Waals surface area contributed by atoms with Crippen molar-refractivity contribution in [3.63, 3.8) is 0 Å². The van der Waals surface area contributed by atoms with E-state index in [-0.39, 0.29) is 18.1 Å². The van der Waals surface area contributed by atoms with Gasteiger partial charge in [-0.1, -0.05) is 55.8 Å². The van der Waals surface area contributed by atoms with Crippen molar-refractivity contribution in [1.29, 1.82) is 0 Å². The van der Waals surface area contributed by atoms with Crippen LogP contribution >= 0.6 is 0 Å². The first-order chi connectivity index (χ1) is 20.0. The Hall–Kier alpha value is -3.65. The summed E-state index contributed by atoms with van der Waals surface area (Å²) >= 11 is 0. The lowest BCUT2D eigenvalue weighted by Gasteiger charge is -2.43. The van der Waals surface area contributed by atoms with Crippen LogP contribution in [0.5, 0.6) is 6.01 Å². The number of aromatic nitrogens is 2. The summed E-state index contributed by atoms with van der Waals surface area (Å²) in [6.45, 7) is 8.30. The van der Waals surface area contributed by atoms with Crippen LogP contribution in [0.4, 0.5) is 11.5 Å². The van der Waals surface area contributed by atoms with Crippen LogP contribution in [0.2, 0.25) is 0 Å². The van der Waals surface area contributed by atoms with Gasteiger partial charge in [0.15, 0.2) is 0 Å². The number of likely N-dealkylation sites (N-methyl/N-ethyl adjacent to an activating group) is 1. The van der Waals surface area contributed by atoms with Gasteiger partial charge in [0.05, 0.1) is 12.2 Å². The number of carbonyl (C=O) groups is 1. The molecule has 0 saturated carbocycles. The van der Waals surface area contributed by atoms with Gasteiger partial charge in [-0.3, -0.25) is 4.79 Å². The zero-order valence-electron chi connectivity index (χ0n) is 24.5. The number of hydrogen-bond acceptors (Lipinski definition) is 7. The molecular formula is C33H42N6O2. The van der Waals surface area contributed by atoms with Crippen molar-refractivity contribution in [2.75, 3.05) is 56.6 Å². The van der Waals surface area contributed by atoms with Crippen molar-refractivity contribution in [3.05, 3.63) is 66.4 Å². The molecule has 2 unspecified atom stereocenters. The van der Waals surface area contributed by atoms with Crippen LogP contribution in [-0.2, 0) is 17.8 Å². The average molecular weight is 555 g/mol. The number of ether oxygens (including phenoxy) is 1. The smallest absolute Gasteiger partial charge is 0.318 e. The fourth-order valence-corrected chi connectivity index (χ4v) is 6.75. The number of piperazine rings is 1. The first kappa shape index (κ1) is 27.5. The lowest BCUT2D eigenvalue weighted by molar-refractivity contribution is -0.126. The molecule has 1 fully saturated rings. The fraction of sp³-hybridized carbons (Fsp3) is 0.485. The standard InChI is InChI=1S/C33H42N6O2/c1-4-31(40)38-19-20-39-25(21-38)13-6-5-7-14-26(22-36(2)3)41-33-34-29-23-37(18-17-28(29)32(39)35-33)30-16-10-12-24-11-8-9-15-27(24)30/h4,8-12,15-16,25-26H,1,5-7,13-14,17-23H2,2-3H3. The summed E-state index contributed by atoms with van der Waals surface area (Å²) in [7, 11) is 4.19. The SMILES string of the molecule is C=CC(=O)N1CCN2c3nc(nc4c3CCN(c3cccc5ccccc35)C4)OC(CN(C)C)CCCCCC2C1. The zero-order valence-corrected chi connectivity index (χ0v) is 24.5. The third-order valence-electron chi connectivity index (χ3n) is 8.78. The average Bonchev–Trinajstić information content (AvgIpc) is 2.98. The maximum absolute atomic E-state index is 12.6. The van der Waals surface area contributed by atoms with Crippen molar-refractivity contribution >= 4 is 28.2 Å². The molecule has 2 aromatic carbocycles. The maximum Gasteiger partial charge on any atom is 0.318 e. The first-order valence-electron chi connectivity index (χ1n) is 15.1. The predicted molar refractivity (Wildman–Crippen MR) is 165 cm³/mol. The van der Waals surface area contributed by atoms with E-state index in [9.17, 15) is 4.79 Å². The fourth-order valence-electron chi connectivity index (χ4n) is 6.75. The molecule has 8 nitrogen and oxygen atoms in total. The van der Waals surface area contributed by atoms with Crippen LogP contribution < -0.4 is 14.5 Å². The van der Waals surface area contributed by atoms with Crippen LogP contribution in [0.25, 0.3) is 10.8 Å². The van der Waals surface area contributed by atoms with Gasteiger partial charge in [0.2, 0.25) is 5.91 Å². The van der Waals surface area contributed by atoms with E-state index in [1.54, 1.807) is 0 Å². The number of anilines is 2. The number of hydrogen-bond donors (Lipinski definition) is 0. The molecule has 1 amide bonds. The Labute approximate surface area is 243 Å². The summed E-state index contributed by atoms with van der Waals surface area (Å²) in [5.74, 6) is 1.02. The summed E-state index contributed by atoms with van der Waals surface area (Å²) in [5.41, 5.74) is 3.52. The highest BCUT2D eigenvalue weighted by molar-refractivity contribution is 5.94. The second-order valence-electron chi connectivity index (χ2n) is 11.9. The van der Waals surface area contributed by atoms with Crippen molar-refractivity contribution in [3.8, 4) is 6.01 Å². The van der Waals surface area contributed by atoms with Crippen molar-refractivity contribution in [1.82, 2.24) is 19.8 Å². The lowest BCUT2D eigenvalue weighted by Crippen LogP contribution is -2.55. The van der Waals surface area contributed by atoms with Gasteiger partial charge in [0.1, 0.15) is 11.9 Å². The second kappa shape index (κ2) is 12.1. The zero-order chi connectivity index (χ0) is 28.3. The molecular weight excluding hydrogens is 512 g/mol. The molecule has 0 spiro atoms. The van der Waals surface area contributed by atoms with E-state index in [2.05, 4.69) is 77.8 Å². The van der Waals surface area contributed by atoms with Crippen LogP contribution in [0.1, 0.15) is 43.4 Å². The summed E-state index contributed by atoms with van der Waals surface area (Å²) in [5, 5.41) is 2.51. The van der Waals surface area contributed by atoms with E-state index >= 15 is 0 Å². The molecule has 0 radical (unpaired) electrons. The third kappa shape index (κ3) is 5.89. The molecule has 6 rings (SSSR count). The molecule has 0 aliphatic carbocycles. The number of rotatable bonds is 4. The first-order valence-corrected chi connectivity index (χ1v) is 15.1. The number of fused-ring (bicyclic) bond motifs is 7. The van der Waals surface area contributed by atoms with Crippen LogP contribution in [-0.4, -0.2) is 84.6 Å². The van der Waals surface area contributed by atoms with Crippen LogP contribution in [0, 0.1) is 0 Å². The van der Waals surface area contributed by atoms with Gasteiger partial charge in [0, 0.05) is 55.4 Å². The summed E-state index contributed by atoms with van der Waals surface area (Å²) < 4.78 is 6.59. The van der Waals surface area contributed by atoms with Gasteiger partial charge >= 0.3 is 6.01 Å². The van der Waals surface area contributed by atoms with E-state index in [1.807, 2.05) is 4.90 Å². The topological polar surface area (TPSA) is 65.0 Å². The molecule has 3 aliphatic rings. The minimum absolute atomic E-state index is 0.0155. The maximum atomic E-state index is 12.6. The molecule has 0 N–H and O–H groups in total. The summed E-state index contributed by atoms with van der Waals surface area (Å²) in [6.07, 6.45) is 7.76. The second-order valence-corrected chi connectivity index (χ2v) is 11.9. The van der Waals surface area contributed by atoms with Crippen molar-refractivity contribution in [2.45, 2.75) is 57.2 Å². The lowest BCUT2D eigenvalue weighted by atomic mass is 9.98. The minimum Gasteiger partial charge on any atom is -0.459 e. The monoisotopic (exact) mass is 554 g/mol.